The lowest BCUT2D eigenvalue weighted by atomic mass is 9.92. The number of nitrogens with zero attached hydrogens (tertiary/aromatic N) is 1. The molecule has 0 spiro atoms. The summed E-state index contributed by atoms with van der Waals surface area (Å²) >= 11 is 0. The highest BCUT2D eigenvalue weighted by atomic mass is 16.7. The van der Waals surface area contributed by atoms with Crippen molar-refractivity contribution in [3.8, 4) is 11.5 Å². The van der Waals surface area contributed by atoms with E-state index in [4.69, 9.17) is 9.47 Å². The molecule has 0 bridgehead atoms. The van der Waals surface area contributed by atoms with E-state index in [1.54, 1.807) is 19.1 Å². The number of carbonyl (C=O) groups is 3. The lowest BCUT2D eigenvalue weighted by molar-refractivity contribution is -0.134. The third-order valence-electron chi connectivity index (χ3n) is 4.77. The minimum atomic E-state index is -1.11. The van der Waals surface area contributed by atoms with E-state index in [9.17, 15) is 14.4 Å². The summed E-state index contributed by atoms with van der Waals surface area (Å²) in [6.07, 6.45) is 2.07. The highest BCUT2D eigenvalue weighted by Crippen LogP contribution is 2.34. The molecule has 1 aromatic carbocycles. The zero-order valence-electron chi connectivity index (χ0n) is 15.8. The van der Waals surface area contributed by atoms with Crippen molar-refractivity contribution in [2.45, 2.75) is 51.6 Å². The molecule has 0 aromatic heterocycles. The molecule has 3 rings (SSSR count). The number of urea groups is 1. The maximum atomic E-state index is 12.8. The summed E-state index contributed by atoms with van der Waals surface area (Å²) in [6, 6.07) is 4.86. The van der Waals surface area contributed by atoms with Crippen LogP contribution in [0, 0.1) is 0 Å². The molecule has 2 atom stereocenters. The molecular formula is C19H25N3O5. The van der Waals surface area contributed by atoms with Gasteiger partial charge in [-0.15, -0.1) is 0 Å². The van der Waals surface area contributed by atoms with Gasteiger partial charge in [-0.2, -0.15) is 0 Å². The fourth-order valence-corrected chi connectivity index (χ4v) is 3.44. The number of carbonyl (C=O) groups excluding carboxylic acids is 3. The van der Waals surface area contributed by atoms with Crippen LogP contribution < -0.4 is 20.1 Å². The number of hydrogen-bond acceptors (Lipinski definition) is 5. The molecule has 0 unspecified atom stereocenters. The molecule has 27 heavy (non-hydrogen) atoms. The van der Waals surface area contributed by atoms with Crippen molar-refractivity contribution in [2.75, 3.05) is 13.3 Å². The van der Waals surface area contributed by atoms with Crippen LogP contribution in [0.15, 0.2) is 18.2 Å². The first kappa shape index (κ1) is 19.0. The summed E-state index contributed by atoms with van der Waals surface area (Å²) < 4.78 is 10.6. The molecule has 8 heteroatoms. The maximum Gasteiger partial charge on any atom is 0.325 e. The maximum absolute atomic E-state index is 12.8. The summed E-state index contributed by atoms with van der Waals surface area (Å²) in [5.41, 5.74) is -0.279. The Kier molecular flexibility index (Phi) is 5.25. The van der Waals surface area contributed by atoms with E-state index in [1.807, 2.05) is 19.9 Å². The first-order valence-electron chi connectivity index (χ1n) is 9.14. The molecule has 1 aromatic rings. The molecule has 0 saturated carbocycles. The average molecular weight is 375 g/mol. The summed E-state index contributed by atoms with van der Waals surface area (Å²) in [5, 5.41) is 5.53. The van der Waals surface area contributed by atoms with E-state index in [0.717, 1.165) is 23.3 Å². The SMILES string of the molecule is CCC[C@H](C)NC(=O)CN1C(=O)N[C@@](C)(Cc2ccc3c(c2)OCO3)C1=O. The van der Waals surface area contributed by atoms with E-state index >= 15 is 0 Å². The van der Waals surface area contributed by atoms with Crippen molar-refractivity contribution < 1.29 is 23.9 Å². The fourth-order valence-electron chi connectivity index (χ4n) is 3.44. The van der Waals surface area contributed by atoms with E-state index in [-0.39, 0.29) is 25.3 Å². The van der Waals surface area contributed by atoms with Crippen LogP contribution in [-0.2, 0) is 16.0 Å². The van der Waals surface area contributed by atoms with Crippen molar-refractivity contribution in [1.82, 2.24) is 15.5 Å². The summed E-state index contributed by atoms with van der Waals surface area (Å²) in [5.74, 6) is 0.523. The molecule has 2 heterocycles. The highest BCUT2D eigenvalue weighted by Gasteiger charge is 2.48. The van der Waals surface area contributed by atoms with Crippen LogP contribution in [0.3, 0.4) is 0 Å². The van der Waals surface area contributed by atoms with Crippen molar-refractivity contribution in [2.24, 2.45) is 0 Å². The Labute approximate surface area is 158 Å². The first-order valence-corrected chi connectivity index (χ1v) is 9.14. The standard InChI is InChI=1S/C19H25N3O5/c1-4-5-12(2)20-16(23)10-22-17(24)19(3,21-18(22)25)9-13-6-7-14-15(8-13)27-11-26-14/h6-8,12H,4-5,9-11H2,1-3H3,(H,20,23)(H,21,25)/t12-,19-/m0/s1. The van der Waals surface area contributed by atoms with E-state index in [2.05, 4.69) is 10.6 Å². The molecule has 146 valence electrons. The summed E-state index contributed by atoms with van der Waals surface area (Å²) in [4.78, 5) is 38.3. The quantitative estimate of drug-likeness (QED) is 0.705. The highest BCUT2D eigenvalue weighted by molar-refractivity contribution is 6.08. The van der Waals surface area contributed by atoms with Gasteiger partial charge in [-0.05, 0) is 38.0 Å². The van der Waals surface area contributed by atoms with Gasteiger partial charge < -0.3 is 20.1 Å². The molecule has 2 N–H and O–H groups in total. The van der Waals surface area contributed by atoms with Crippen molar-refractivity contribution >= 4 is 17.8 Å². The lowest BCUT2D eigenvalue weighted by Crippen LogP contribution is -2.47. The van der Waals surface area contributed by atoms with E-state index in [0.29, 0.717) is 17.9 Å². The van der Waals surface area contributed by atoms with Gasteiger partial charge in [0.1, 0.15) is 12.1 Å². The molecule has 1 saturated heterocycles. The lowest BCUT2D eigenvalue weighted by Gasteiger charge is -2.22. The Morgan fingerprint density at radius 1 is 1.33 bits per heavy atom. The van der Waals surface area contributed by atoms with Crippen LogP contribution in [0.25, 0.3) is 0 Å². The Balaban J connectivity index is 1.66. The summed E-state index contributed by atoms with van der Waals surface area (Å²) in [7, 11) is 0. The molecule has 0 aliphatic carbocycles. The smallest absolute Gasteiger partial charge is 0.325 e. The molecule has 2 aliphatic rings. The molecule has 8 nitrogen and oxygen atoms in total. The molecule has 4 amide bonds. The number of ether oxygens (including phenoxy) is 2. The number of nitrogens with one attached hydrogen (secondary N) is 2. The monoisotopic (exact) mass is 375 g/mol. The minimum Gasteiger partial charge on any atom is -0.454 e. The van der Waals surface area contributed by atoms with Gasteiger partial charge in [0, 0.05) is 12.5 Å². The fraction of sp³-hybridized carbons (Fsp3) is 0.526. The van der Waals surface area contributed by atoms with Gasteiger partial charge in [0.25, 0.3) is 5.91 Å². The van der Waals surface area contributed by atoms with Gasteiger partial charge in [-0.1, -0.05) is 19.4 Å². The van der Waals surface area contributed by atoms with Gasteiger partial charge in [-0.3, -0.25) is 14.5 Å². The molecule has 0 radical (unpaired) electrons. The molecule has 1 fully saturated rings. The van der Waals surface area contributed by atoms with Crippen LogP contribution in [-0.4, -0.2) is 47.7 Å². The van der Waals surface area contributed by atoms with Crippen molar-refractivity contribution in [3.05, 3.63) is 23.8 Å². The van der Waals surface area contributed by atoms with Gasteiger partial charge in [-0.25, -0.2) is 4.79 Å². The number of amides is 4. The second-order valence-corrected chi connectivity index (χ2v) is 7.28. The zero-order valence-corrected chi connectivity index (χ0v) is 15.8. The van der Waals surface area contributed by atoms with Crippen LogP contribution >= 0.6 is 0 Å². The largest absolute Gasteiger partial charge is 0.454 e. The van der Waals surface area contributed by atoms with E-state index in [1.165, 1.54) is 0 Å². The van der Waals surface area contributed by atoms with Crippen LogP contribution in [0.4, 0.5) is 4.79 Å². The predicted molar refractivity (Wildman–Crippen MR) is 97.4 cm³/mol. The third-order valence-corrected chi connectivity index (χ3v) is 4.77. The second-order valence-electron chi connectivity index (χ2n) is 7.28. The van der Waals surface area contributed by atoms with Gasteiger partial charge in [0.05, 0.1) is 0 Å². The molecule has 2 aliphatic heterocycles. The summed E-state index contributed by atoms with van der Waals surface area (Å²) in [6.45, 7) is 5.48. The Bertz CT molecular complexity index is 766. The van der Waals surface area contributed by atoms with Crippen LogP contribution in [0.1, 0.15) is 39.2 Å². The number of fused-ring (bicyclic) bond motifs is 1. The van der Waals surface area contributed by atoms with E-state index < -0.39 is 17.5 Å². The molecular weight excluding hydrogens is 350 g/mol. The number of rotatable bonds is 7. The predicted octanol–water partition coefficient (Wildman–Crippen LogP) is 1.57. The number of benzene rings is 1. The van der Waals surface area contributed by atoms with Crippen molar-refractivity contribution in [3.63, 3.8) is 0 Å². The van der Waals surface area contributed by atoms with Crippen LogP contribution in [0.5, 0.6) is 11.5 Å². The number of hydrogen-bond donors (Lipinski definition) is 2. The normalized spacial score (nSPS) is 22.0. The zero-order chi connectivity index (χ0) is 19.6. The number of imide groups is 1. The van der Waals surface area contributed by atoms with Crippen molar-refractivity contribution in [1.29, 1.82) is 0 Å². The average Bonchev–Trinajstić information content (AvgIpc) is 3.13. The minimum absolute atomic E-state index is 0.00304. The first-order chi connectivity index (χ1) is 12.8. The van der Waals surface area contributed by atoms with Gasteiger partial charge >= 0.3 is 6.03 Å². The Hall–Kier alpha value is -2.77. The third kappa shape index (κ3) is 3.99. The van der Waals surface area contributed by atoms with Gasteiger partial charge in [0.2, 0.25) is 12.7 Å². The van der Waals surface area contributed by atoms with Gasteiger partial charge in [0.15, 0.2) is 11.5 Å². The second kappa shape index (κ2) is 7.46. The van der Waals surface area contributed by atoms with Crippen LogP contribution in [0.2, 0.25) is 0 Å². The Morgan fingerprint density at radius 3 is 2.81 bits per heavy atom. The Morgan fingerprint density at radius 2 is 2.07 bits per heavy atom. The topological polar surface area (TPSA) is 97.0 Å².